The Morgan fingerprint density at radius 3 is 3.18 bits per heavy atom. The maximum atomic E-state index is 11.5. The zero-order valence-electron chi connectivity index (χ0n) is 10.2. The molecule has 2 rings (SSSR count). The fraction of sp³-hybridized carbons (Fsp3) is 0.727. The average molecular weight is 274 g/mol. The molecule has 0 saturated heterocycles. The largest absolute Gasteiger partial charge is 0.350 e. The molecule has 0 spiro atoms. The third kappa shape index (κ3) is 2.85. The van der Waals surface area contributed by atoms with Gasteiger partial charge in [-0.1, -0.05) is 13.3 Å². The van der Waals surface area contributed by atoms with Crippen LogP contribution < -0.4 is 5.73 Å². The molecule has 0 aromatic carbocycles. The van der Waals surface area contributed by atoms with E-state index in [2.05, 4.69) is 11.9 Å². The summed E-state index contributed by atoms with van der Waals surface area (Å²) >= 11 is 3.38. The second-order valence-electron chi connectivity index (χ2n) is 4.21. The molecule has 2 heterocycles. The molecular weight excluding hydrogens is 254 g/mol. The summed E-state index contributed by atoms with van der Waals surface area (Å²) in [4.78, 5) is 13.0. The normalized spacial score (nSPS) is 19.5. The van der Waals surface area contributed by atoms with Gasteiger partial charge in [-0.15, -0.1) is 11.8 Å². The van der Waals surface area contributed by atoms with Crippen molar-refractivity contribution in [3.8, 4) is 0 Å². The van der Waals surface area contributed by atoms with Gasteiger partial charge in [-0.05, 0) is 18.6 Å². The van der Waals surface area contributed by atoms with Crippen molar-refractivity contribution in [3.63, 3.8) is 0 Å². The lowest BCUT2D eigenvalue weighted by Crippen LogP contribution is -2.48. The number of hydrogen-bond donors (Lipinski definition) is 2. The van der Waals surface area contributed by atoms with E-state index in [1.165, 1.54) is 28.1 Å². The second kappa shape index (κ2) is 5.91. The van der Waals surface area contributed by atoms with Crippen LogP contribution >= 0.6 is 23.5 Å². The van der Waals surface area contributed by atoms with Crippen LogP contribution in [0.5, 0.6) is 0 Å². The van der Waals surface area contributed by atoms with Gasteiger partial charge >= 0.3 is 6.03 Å². The van der Waals surface area contributed by atoms with Gasteiger partial charge in [0.1, 0.15) is 0 Å². The highest BCUT2D eigenvalue weighted by Crippen LogP contribution is 2.40. The molecular formula is C11H20N3OS2. The van der Waals surface area contributed by atoms with Crippen LogP contribution in [0, 0.1) is 0 Å². The Labute approximate surface area is 111 Å². The fourth-order valence-corrected chi connectivity index (χ4v) is 4.59. The molecule has 0 aromatic rings. The predicted octanol–water partition coefficient (Wildman–Crippen LogP) is 2.17. The molecule has 0 unspecified atom stereocenters. The molecule has 0 atom stereocenters. The highest BCUT2D eigenvalue weighted by Gasteiger charge is 2.30. The number of thioether (sulfide) groups is 1. The van der Waals surface area contributed by atoms with Crippen molar-refractivity contribution in [1.82, 2.24) is 10.0 Å². The summed E-state index contributed by atoms with van der Waals surface area (Å²) < 4.78 is 0. The number of nitrogens with zero attached hydrogens (tertiary/aromatic N) is 2. The smallest absolute Gasteiger partial charge is 0.333 e. The van der Waals surface area contributed by atoms with Crippen LogP contribution in [-0.4, -0.2) is 40.0 Å². The monoisotopic (exact) mass is 274 g/mol. The van der Waals surface area contributed by atoms with Crippen molar-refractivity contribution >= 4 is 29.6 Å². The van der Waals surface area contributed by atoms with Gasteiger partial charge in [0.15, 0.2) is 0 Å². The molecule has 2 aliphatic rings. The van der Waals surface area contributed by atoms with Crippen LogP contribution in [0.15, 0.2) is 10.6 Å². The lowest BCUT2D eigenvalue weighted by atomic mass is 10.3. The maximum Gasteiger partial charge on any atom is 0.333 e. The Balaban J connectivity index is 2.08. The second-order valence-corrected chi connectivity index (χ2v) is 6.46. The number of hydrogen-bond acceptors (Lipinski definition) is 3. The average Bonchev–Trinajstić information content (AvgIpc) is 2.73. The highest BCUT2D eigenvalue weighted by atomic mass is 32.2. The van der Waals surface area contributed by atoms with Gasteiger partial charge in [0.25, 0.3) is 0 Å². The first-order valence-electron chi connectivity index (χ1n) is 6.06. The maximum absolute atomic E-state index is 11.5. The van der Waals surface area contributed by atoms with Crippen LogP contribution in [0.3, 0.4) is 0 Å². The minimum atomic E-state index is -0.323. The number of thiol groups is 1. The number of carbonyl (C=O) groups is 1. The van der Waals surface area contributed by atoms with E-state index in [0.29, 0.717) is 0 Å². The summed E-state index contributed by atoms with van der Waals surface area (Å²) in [5.41, 5.74) is 6.83. The number of allylic oxidation sites excluding steroid dienone is 1. The molecule has 6 heteroatoms. The Kier molecular flexibility index (Phi) is 4.50. The predicted molar refractivity (Wildman–Crippen MR) is 75.9 cm³/mol. The number of nitrogens with two attached hydrogens (primary N) is 1. The molecule has 0 aliphatic carbocycles. The molecule has 0 saturated carbocycles. The summed E-state index contributed by atoms with van der Waals surface area (Å²) in [5.74, 6) is 3.21. The van der Waals surface area contributed by atoms with E-state index in [-0.39, 0.29) is 6.03 Å². The van der Waals surface area contributed by atoms with Gasteiger partial charge in [-0.25, -0.2) is 21.6 Å². The Morgan fingerprint density at radius 2 is 2.47 bits per heavy atom. The van der Waals surface area contributed by atoms with Crippen molar-refractivity contribution in [2.24, 2.45) is 5.73 Å². The van der Waals surface area contributed by atoms with E-state index in [1.54, 1.807) is 5.01 Å². The highest BCUT2D eigenvalue weighted by molar-refractivity contribution is 8.06. The molecule has 1 radical (unpaired) electrons. The number of rotatable bonds is 4. The van der Waals surface area contributed by atoms with Gasteiger partial charge in [0.05, 0.1) is 5.88 Å². The molecule has 4 nitrogen and oxygen atoms in total. The lowest BCUT2D eigenvalue weighted by molar-refractivity contribution is 0.0676. The number of carbonyl (C=O) groups excluding carboxylic acids is 1. The van der Waals surface area contributed by atoms with Crippen LogP contribution in [0.2, 0.25) is 0 Å². The van der Waals surface area contributed by atoms with Crippen molar-refractivity contribution in [2.45, 2.75) is 26.2 Å². The number of primary amides is 1. The zero-order valence-corrected chi connectivity index (χ0v) is 11.9. The SMILES string of the molecule is CCCCN(C(N)=O)N1CSC2=C1CC[SH]C2. The first kappa shape index (κ1) is 13.0. The van der Waals surface area contributed by atoms with Crippen molar-refractivity contribution in [1.29, 1.82) is 0 Å². The Bertz CT molecular complexity index is 333. The minimum Gasteiger partial charge on any atom is -0.350 e. The first-order valence-corrected chi connectivity index (χ1v) is 8.31. The summed E-state index contributed by atoms with van der Waals surface area (Å²) in [6, 6.07) is -0.323. The van der Waals surface area contributed by atoms with Gasteiger partial charge in [-0.3, -0.25) is 5.01 Å². The van der Waals surface area contributed by atoms with Gasteiger partial charge in [0, 0.05) is 22.9 Å². The van der Waals surface area contributed by atoms with Crippen molar-refractivity contribution in [2.75, 3.05) is 23.9 Å². The third-order valence-electron chi connectivity index (χ3n) is 3.03. The molecule has 0 bridgehead atoms. The molecule has 2 N–H and O–H groups in total. The van der Waals surface area contributed by atoms with Crippen LogP contribution in [0.1, 0.15) is 26.2 Å². The molecule has 0 aromatic heterocycles. The summed E-state index contributed by atoms with van der Waals surface area (Å²) in [6.45, 7) is 2.86. The van der Waals surface area contributed by atoms with Gasteiger partial charge in [0.2, 0.25) is 0 Å². The van der Waals surface area contributed by atoms with Crippen LogP contribution in [-0.2, 0) is 0 Å². The van der Waals surface area contributed by atoms with Crippen LogP contribution in [0.25, 0.3) is 0 Å². The van der Waals surface area contributed by atoms with E-state index in [4.69, 9.17) is 5.73 Å². The minimum absolute atomic E-state index is 0.323. The van der Waals surface area contributed by atoms with Gasteiger partial charge in [-0.2, -0.15) is 0 Å². The number of urea groups is 1. The first-order chi connectivity index (χ1) is 8.24. The van der Waals surface area contributed by atoms with Crippen LogP contribution in [0.4, 0.5) is 4.79 Å². The molecule has 0 fully saturated rings. The molecule has 2 aliphatic heterocycles. The van der Waals surface area contributed by atoms with Crippen molar-refractivity contribution < 1.29 is 4.79 Å². The Morgan fingerprint density at radius 1 is 1.65 bits per heavy atom. The van der Waals surface area contributed by atoms with Gasteiger partial charge < -0.3 is 5.73 Å². The molecule has 2 amide bonds. The number of amides is 2. The number of unbranched alkanes of at least 4 members (excludes halogenated alkanes) is 1. The topological polar surface area (TPSA) is 49.6 Å². The van der Waals surface area contributed by atoms with E-state index in [9.17, 15) is 4.79 Å². The Hall–Kier alpha value is -0.490. The third-order valence-corrected chi connectivity index (χ3v) is 5.42. The number of hydrazine groups is 1. The van der Waals surface area contributed by atoms with E-state index in [1.807, 2.05) is 11.8 Å². The summed E-state index contributed by atoms with van der Waals surface area (Å²) in [7, 11) is 0. The van der Waals surface area contributed by atoms with E-state index in [0.717, 1.165) is 37.4 Å². The zero-order chi connectivity index (χ0) is 12.3. The van der Waals surface area contributed by atoms with E-state index < -0.39 is 0 Å². The van der Waals surface area contributed by atoms with Crippen molar-refractivity contribution in [3.05, 3.63) is 10.6 Å². The molecule has 97 valence electrons. The summed E-state index contributed by atoms with van der Waals surface area (Å²) in [5, 5.41) is 3.83. The summed E-state index contributed by atoms with van der Waals surface area (Å²) in [6.07, 6.45) is 3.17. The quantitative estimate of drug-likeness (QED) is 0.773. The fourth-order valence-electron chi connectivity index (χ4n) is 2.09. The molecule has 17 heavy (non-hydrogen) atoms. The van der Waals surface area contributed by atoms with E-state index >= 15 is 0 Å². The standard InChI is InChI=1S/C11H20N3OS2/c1-2-3-5-13(11(12)15)14-8-17-10-7-16-6-4-9(10)14/h16H,2-8H2,1H3,(H2,12,15). The lowest BCUT2D eigenvalue weighted by Gasteiger charge is -2.34.